The summed E-state index contributed by atoms with van der Waals surface area (Å²) in [6, 6.07) is 7.83. The van der Waals surface area contributed by atoms with Gasteiger partial charge in [0.1, 0.15) is 23.1 Å². The molecule has 0 aliphatic carbocycles. The first-order chi connectivity index (χ1) is 11.0. The molecule has 0 aliphatic heterocycles. The molecule has 0 unspecified atom stereocenters. The van der Waals surface area contributed by atoms with E-state index in [4.69, 9.17) is 9.47 Å². The third-order valence-corrected chi connectivity index (χ3v) is 4.36. The normalized spacial score (nSPS) is 10.8. The number of benzene rings is 1. The fourth-order valence-corrected chi connectivity index (χ4v) is 2.74. The van der Waals surface area contributed by atoms with Gasteiger partial charge in [-0.1, -0.05) is 12.1 Å². The Morgan fingerprint density at radius 3 is 2.74 bits per heavy atom. The molecule has 2 rings (SSSR count). The zero-order valence-electron chi connectivity index (χ0n) is 13.9. The van der Waals surface area contributed by atoms with E-state index < -0.39 is 0 Å². The van der Waals surface area contributed by atoms with E-state index in [9.17, 15) is 4.79 Å². The summed E-state index contributed by atoms with van der Waals surface area (Å²) in [5, 5.41) is 2.57. The lowest BCUT2D eigenvalue weighted by molar-refractivity contribution is 0.0750. The molecule has 124 valence electrons. The highest BCUT2D eigenvalue weighted by Gasteiger charge is 2.19. The summed E-state index contributed by atoms with van der Waals surface area (Å²) in [5.74, 6) is 0.676. The zero-order chi connectivity index (χ0) is 16.8. The number of ether oxygens (including phenoxy) is 2. The van der Waals surface area contributed by atoms with E-state index in [1.165, 1.54) is 11.3 Å². The molecule has 0 saturated heterocycles. The minimum absolute atomic E-state index is 0.0692. The van der Waals surface area contributed by atoms with E-state index in [1.54, 1.807) is 24.4 Å². The highest BCUT2D eigenvalue weighted by molar-refractivity contribution is 7.13. The van der Waals surface area contributed by atoms with E-state index in [0.29, 0.717) is 18.9 Å². The Bertz CT molecular complexity index is 655. The van der Waals surface area contributed by atoms with E-state index in [0.717, 1.165) is 16.3 Å². The molecule has 2 aromatic rings. The molecule has 1 heterocycles. The van der Waals surface area contributed by atoms with Gasteiger partial charge in [-0.15, -0.1) is 11.3 Å². The van der Waals surface area contributed by atoms with E-state index >= 15 is 0 Å². The predicted octanol–water partition coefficient (Wildman–Crippen LogP) is 3.32. The van der Waals surface area contributed by atoms with Crippen LogP contribution >= 0.6 is 11.3 Å². The van der Waals surface area contributed by atoms with Crippen LogP contribution in [0.5, 0.6) is 5.75 Å². The monoisotopic (exact) mass is 334 g/mol. The molecule has 6 heteroatoms. The van der Waals surface area contributed by atoms with Gasteiger partial charge in [0.05, 0.1) is 12.2 Å². The molecule has 0 fully saturated rings. The van der Waals surface area contributed by atoms with Crippen LogP contribution in [0.3, 0.4) is 0 Å². The molecule has 5 nitrogen and oxygen atoms in total. The average molecular weight is 334 g/mol. The van der Waals surface area contributed by atoms with Crippen molar-refractivity contribution in [3.63, 3.8) is 0 Å². The topological polar surface area (TPSA) is 51.7 Å². The highest BCUT2D eigenvalue weighted by Crippen LogP contribution is 2.32. The lowest BCUT2D eigenvalue weighted by Gasteiger charge is -2.20. The van der Waals surface area contributed by atoms with Gasteiger partial charge in [-0.2, -0.15) is 0 Å². The van der Waals surface area contributed by atoms with Gasteiger partial charge < -0.3 is 14.4 Å². The third kappa shape index (κ3) is 4.30. The molecule has 0 bridgehead atoms. The van der Waals surface area contributed by atoms with Crippen molar-refractivity contribution in [1.82, 2.24) is 9.88 Å². The van der Waals surface area contributed by atoms with Crippen LogP contribution < -0.4 is 4.74 Å². The molecule has 23 heavy (non-hydrogen) atoms. The number of rotatable bonds is 7. The van der Waals surface area contributed by atoms with Gasteiger partial charge in [-0.05, 0) is 26.0 Å². The molecule has 0 N–H and O–H groups in total. The quantitative estimate of drug-likeness (QED) is 0.729. The largest absolute Gasteiger partial charge is 0.490 e. The number of amides is 1. The zero-order valence-corrected chi connectivity index (χ0v) is 14.7. The standard InChI is InChI=1S/C17H22N2O3S/c1-12(2)19(3)17(20)14-11-23-16(18-14)13-7-5-6-8-15(13)22-10-9-21-4/h5-8,11-12H,9-10H2,1-4H3. The molecule has 0 aliphatic rings. The number of aromatic nitrogens is 1. The maximum Gasteiger partial charge on any atom is 0.273 e. The molecule has 0 atom stereocenters. The maximum absolute atomic E-state index is 12.3. The minimum atomic E-state index is -0.0692. The number of methoxy groups -OCH3 is 1. The Kier molecular flexibility index (Phi) is 6.12. The lowest BCUT2D eigenvalue weighted by Crippen LogP contribution is -2.33. The first-order valence-corrected chi connectivity index (χ1v) is 8.36. The third-order valence-electron chi connectivity index (χ3n) is 3.48. The van der Waals surface area contributed by atoms with Crippen molar-refractivity contribution in [2.24, 2.45) is 0 Å². The molecule has 0 radical (unpaired) electrons. The van der Waals surface area contributed by atoms with Gasteiger partial charge in [0.2, 0.25) is 0 Å². The average Bonchev–Trinajstić information content (AvgIpc) is 3.04. The second kappa shape index (κ2) is 8.08. The van der Waals surface area contributed by atoms with Crippen molar-refractivity contribution in [2.75, 3.05) is 27.4 Å². The van der Waals surface area contributed by atoms with Gasteiger partial charge in [0.15, 0.2) is 0 Å². The number of hydrogen-bond acceptors (Lipinski definition) is 5. The van der Waals surface area contributed by atoms with E-state index in [2.05, 4.69) is 4.98 Å². The Morgan fingerprint density at radius 1 is 1.30 bits per heavy atom. The summed E-state index contributed by atoms with van der Waals surface area (Å²) < 4.78 is 10.7. The van der Waals surface area contributed by atoms with Gasteiger partial charge in [0.25, 0.3) is 5.91 Å². The Morgan fingerprint density at radius 2 is 2.04 bits per heavy atom. The molecule has 1 aromatic carbocycles. The maximum atomic E-state index is 12.3. The van der Waals surface area contributed by atoms with Crippen LogP contribution in [0.2, 0.25) is 0 Å². The van der Waals surface area contributed by atoms with Crippen molar-refractivity contribution < 1.29 is 14.3 Å². The summed E-state index contributed by atoms with van der Waals surface area (Å²) in [7, 11) is 3.42. The molecular weight excluding hydrogens is 312 g/mol. The van der Waals surface area contributed by atoms with Crippen molar-refractivity contribution in [3.05, 3.63) is 35.3 Å². The minimum Gasteiger partial charge on any atom is -0.490 e. The highest BCUT2D eigenvalue weighted by atomic mass is 32.1. The van der Waals surface area contributed by atoms with Crippen LogP contribution in [0.15, 0.2) is 29.6 Å². The van der Waals surface area contributed by atoms with Gasteiger partial charge in [0, 0.05) is 25.6 Å². The number of para-hydroxylation sites is 1. The number of hydrogen-bond donors (Lipinski definition) is 0. The Balaban J connectivity index is 2.22. The fourth-order valence-electron chi connectivity index (χ4n) is 1.92. The van der Waals surface area contributed by atoms with Crippen LogP contribution in [0, 0.1) is 0 Å². The number of nitrogens with zero attached hydrogens (tertiary/aromatic N) is 2. The number of carbonyl (C=O) groups is 1. The van der Waals surface area contributed by atoms with Crippen LogP contribution in [0.4, 0.5) is 0 Å². The van der Waals surface area contributed by atoms with Gasteiger partial charge in [-0.25, -0.2) is 4.98 Å². The van der Waals surface area contributed by atoms with Crippen molar-refractivity contribution in [3.8, 4) is 16.3 Å². The van der Waals surface area contributed by atoms with E-state index in [1.807, 2.05) is 38.1 Å². The number of carbonyl (C=O) groups excluding carboxylic acids is 1. The first kappa shape index (κ1) is 17.4. The summed E-state index contributed by atoms with van der Waals surface area (Å²) in [6.45, 7) is 4.95. The summed E-state index contributed by atoms with van der Waals surface area (Å²) >= 11 is 1.44. The lowest BCUT2D eigenvalue weighted by atomic mass is 10.2. The van der Waals surface area contributed by atoms with E-state index in [-0.39, 0.29) is 11.9 Å². The fraction of sp³-hybridized carbons (Fsp3) is 0.412. The van der Waals surface area contributed by atoms with Crippen LogP contribution in [0.25, 0.3) is 10.6 Å². The second-order valence-corrected chi connectivity index (χ2v) is 6.24. The number of thiazole rings is 1. The summed E-state index contributed by atoms with van der Waals surface area (Å²) in [5.41, 5.74) is 1.35. The smallest absolute Gasteiger partial charge is 0.273 e. The molecule has 0 saturated carbocycles. The molecular formula is C17H22N2O3S. The van der Waals surface area contributed by atoms with Crippen molar-refractivity contribution >= 4 is 17.2 Å². The summed E-state index contributed by atoms with van der Waals surface area (Å²) in [4.78, 5) is 18.5. The van der Waals surface area contributed by atoms with Crippen LogP contribution in [-0.4, -0.2) is 49.2 Å². The van der Waals surface area contributed by atoms with Gasteiger partial charge >= 0.3 is 0 Å². The van der Waals surface area contributed by atoms with Crippen molar-refractivity contribution in [1.29, 1.82) is 0 Å². The molecule has 1 aromatic heterocycles. The second-order valence-electron chi connectivity index (χ2n) is 5.39. The predicted molar refractivity (Wildman–Crippen MR) is 92.2 cm³/mol. The van der Waals surface area contributed by atoms with Crippen LogP contribution in [-0.2, 0) is 4.74 Å². The Labute approximate surface area is 140 Å². The Hall–Kier alpha value is -1.92. The van der Waals surface area contributed by atoms with Gasteiger partial charge in [-0.3, -0.25) is 4.79 Å². The summed E-state index contributed by atoms with van der Waals surface area (Å²) in [6.07, 6.45) is 0. The van der Waals surface area contributed by atoms with Crippen LogP contribution in [0.1, 0.15) is 24.3 Å². The SMILES string of the molecule is COCCOc1ccccc1-c1nc(C(=O)N(C)C(C)C)cs1. The first-order valence-electron chi connectivity index (χ1n) is 7.48. The molecule has 0 spiro atoms. The van der Waals surface area contributed by atoms with Crippen molar-refractivity contribution in [2.45, 2.75) is 19.9 Å². The molecule has 1 amide bonds.